The van der Waals surface area contributed by atoms with E-state index >= 15 is 0 Å². The van der Waals surface area contributed by atoms with Crippen molar-refractivity contribution in [3.63, 3.8) is 0 Å². The van der Waals surface area contributed by atoms with Gasteiger partial charge in [0.25, 0.3) is 0 Å². The van der Waals surface area contributed by atoms with Gasteiger partial charge < -0.3 is 10.7 Å². The highest BCUT2D eigenvalue weighted by molar-refractivity contribution is 5.91. The molecular weight excluding hydrogens is 403 g/mol. The molecule has 1 saturated carbocycles. The van der Waals surface area contributed by atoms with Crippen molar-refractivity contribution in [2.45, 2.75) is 51.2 Å². The summed E-state index contributed by atoms with van der Waals surface area (Å²) in [6, 6.07) is 8.89. The minimum Gasteiger partial charge on any atom is -0.339 e. The monoisotopic (exact) mass is 429 g/mol. The van der Waals surface area contributed by atoms with Crippen LogP contribution < -0.4 is 5.73 Å². The van der Waals surface area contributed by atoms with E-state index in [-0.39, 0.29) is 17.7 Å². The average Bonchev–Trinajstić information content (AvgIpc) is 3.19. The molecule has 7 heteroatoms. The maximum absolute atomic E-state index is 12.9. The standard InChI is InChI=1S/C24H26F3N3O/c1-14(28)15-2-4-17(5-3-15)22(31)12-18-10-11-29-23-20(18)13-21(30-23)16-6-8-19(9-7-16)24(25,26)27/h6-11,13-15,17H,2-5,12,28H2,1H3,(H,29,30). The van der Waals surface area contributed by atoms with E-state index in [1.807, 2.05) is 19.1 Å². The summed E-state index contributed by atoms with van der Waals surface area (Å²) in [6.45, 7) is 2.03. The fraction of sp³-hybridized carbons (Fsp3) is 0.417. The molecule has 2 aromatic heterocycles. The molecule has 0 radical (unpaired) electrons. The number of fused-ring (bicyclic) bond motifs is 1. The first-order valence-electron chi connectivity index (χ1n) is 10.6. The van der Waals surface area contributed by atoms with Crippen LogP contribution in [0, 0.1) is 11.8 Å². The molecule has 164 valence electrons. The van der Waals surface area contributed by atoms with Crippen molar-refractivity contribution in [1.82, 2.24) is 9.97 Å². The number of benzene rings is 1. The first-order valence-corrected chi connectivity index (χ1v) is 10.6. The zero-order valence-electron chi connectivity index (χ0n) is 17.4. The van der Waals surface area contributed by atoms with Crippen molar-refractivity contribution < 1.29 is 18.0 Å². The Hall–Kier alpha value is -2.67. The number of carbonyl (C=O) groups is 1. The van der Waals surface area contributed by atoms with Crippen molar-refractivity contribution in [2.24, 2.45) is 17.6 Å². The number of hydrogen-bond acceptors (Lipinski definition) is 3. The summed E-state index contributed by atoms with van der Waals surface area (Å²) < 4.78 is 38.5. The van der Waals surface area contributed by atoms with Crippen LogP contribution in [-0.4, -0.2) is 21.8 Å². The number of hydrogen-bond donors (Lipinski definition) is 2. The minimum absolute atomic E-state index is 0.0616. The van der Waals surface area contributed by atoms with E-state index in [0.29, 0.717) is 29.2 Å². The van der Waals surface area contributed by atoms with Gasteiger partial charge in [0.05, 0.1) is 5.56 Å². The van der Waals surface area contributed by atoms with E-state index in [0.717, 1.165) is 48.8 Å². The number of H-pyrrole nitrogens is 1. The second-order valence-electron chi connectivity index (χ2n) is 8.60. The summed E-state index contributed by atoms with van der Waals surface area (Å²) in [4.78, 5) is 20.4. The van der Waals surface area contributed by atoms with Crippen LogP contribution in [0.25, 0.3) is 22.3 Å². The number of carbonyl (C=O) groups excluding carboxylic acids is 1. The van der Waals surface area contributed by atoms with Gasteiger partial charge in [-0.3, -0.25) is 4.79 Å². The Labute approximate surface area is 179 Å². The van der Waals surface area contributed by atoms with Crippen molar-refractivity contribution in [3.8, 4) is 11.3 Å². The lowest BCUT2D eigenvalue weighted by molar-refractivity contribution is -0.137. The molecule has 3 aromatic rings. The molecule has 0 amide bonds. The first kappa shape index (κ1) is 21.6. The summed E-state index contributed by atoms with van der Waals surface area (Å²) in [6.07, 6.45) is 1.35. The highest BCUT2D eigenvalue weighted by Crippen LogP contribution is 2.34. The summed E-state index contributed by atoms with van der Waals surface area (Å²) in [5.74, 6) is 0.784. The third-order valence-electron chi connectivity index (χ3n) is 6.48. The number of halogens is 3. The number of aromatic amines is 1. The SMILES string of the molecule is CC(N)C1CCC(C(=O)Cc2ccnc3[nH]c(-c4ccc(C(F)(F)F)cc4)cc23)CC1. The maximum atomic E-state index is 12.9. The molecule has 1 fully saturated rings. The van der Waals surface area contributed by atoms with Crippen molar-refractivity contribution in [1.29, 1.82) is 0 Å². The number of Topliss-reactive ketones (excluding diaryl/α,β-unsaturated/α-hetero) is 1. The summed E-state index contributed by atoms with van der Waals surface area (Å²) >= 11 is 0. The number of nitrogens with zero attached hydrogens (tertiary/aromatic N) is 1. The van der Waals surface area contributed by atoms with Crippen LogP contribution in [0.5, 0.6) is 0 Å². The van der Waals surface area contributed by atoms with Gasteiger partial charge in [0.1, 0.15) is 11.4 Å². The lowest BCUT2D eigenvalue weighted by Gasteiger charge is -2.30. The van der Waals surface area contributed by atoms with Crippen LogP contribution in [0.15, 0.2) is 42.6 Å². The van der Waals surface area contributed by atoms with E-state index in [1.165, 1.54) is 12.1 Å². The molecule has 0 bridgehead atoms. The lowest BCUT2D eigenvalue weighted by Crippen LogP contribution is -2.32. The summed E-state index contributed by atoms with van der Waals surface area (Å²) in [7, 11) is 0. The zero-order chi connectivity index (χ0) is 22.2. The molecule has 4 nitrogen and oxygen atoms in total. The Bertz CT molecular complexity index is 1060. The van der Waals surface area contributed by atoms with E-state index in [4.69, 9.17) is 5.73 Å². The van der Waals surface area contributed by atoms with Crippen LogP contribution >= 0.6 is 0 Å². The van der Waals surface area contributed by atoms with Gasteiger partial charge in [-0.1, -0.05) is 12.1 Å². The number of nitrogens with one attached hydrogen (secondary N) is 1. The number of rotatable bonds is 5. The Morgan fingerprint density at radius 1 is 1.16 bits per heavy atom. The molecule has 4 rings (SSSR count). The van der Waals surface area contributed by atoms with Crippen molar-refractivity contribution in [2.75, 3.05) is 0 Å². The molecule has 1 unspecified atom stereocenters. The molecule has 1 atom stereocenters. The quantitative estimate of drug-likeness (QED) is 0.561. The van der Waals surface area contributed by atoms with Crippen LogP contribution in [0.1, 0.15) is 43.7 Å². The minimum atomic E-state index is -4.37. The predicted octanol–water partition coefficient (Wildman–Crippen LogP) is 5.51. The topological polar surface area (TPSA) is 71.8 Å². The van der Waals surface area contributed by atoms with Gasteiger partial charge in [-0.15, -0.1) is 0 Å². The second kappa shape index (κ2) is 8.46. The fourth-order valence-corrected chi connectivity index (χ4v) is 4.53. The fourth-order valence-electron chi connectivity index (χ4n) is 4.53. The Balaban J connectivity index is 1.52. The Kier molecular flexibility index (Phi) is 5.88. The van der Waals surface area contributed by atoms with Gasteiger partial charge in [0.15, 0.2) is 0 Å². The number of pyridine rings is 1. The molecule has 3 N–H and O–H groups in total. The van der Waals surface area contributed by atoms with Gasteiger partial charge in [0, 0.05) is 35.7 Å². The number of ketones is 1. The van der Waals surface area contributed by atoms with E-state index in [1.54, 1.807) is 6.20 Å². The molecule has 0 spiro atoms. The van der Waals surface area contributed by atoms with Crippen LogP contribution in [-0.2, 0) is 17.4 Å². The highest BCUT2D eigenvalue weighted by atomic mass is 19.4. The van der Waals surface area contributed by atoms with Crippen LogP contribution in [0.3, 0.4) is 0 Å². The number of aromatic nitrogens is 2. The Morgan fingerprint density at radius 2 is 1.84 bits per heavy atom. The smallest absolute Gasteiger partial charge is 0.339 e. The number of alkyl halides is 3. The zero-order valence-corrected chi connectivity index (χ0v) is 17.4. The molecule has 31 heavy (non-hydrogen) atoms. The summed E-state index contributed by atoms with van der Waals surface area (Å²) in [5.41, 5.74) is 8.14. The third kappa shape index (κ3) is 4.66. The van der Waals surface area contributed by atoms with E-state index < -0.39 is 11.7 Å². The largest absolute Gasteiger partial charge is 0.416 e. The Morgan fingerprint density at radius 3 is 2.45 bits per heavy atom. The molecule has 0 saturated heterocycles. The number of nitrogens with two attached hydrogens (primary N) is 1. The van der Waals surface area contributed by atoms with E-state index in [2.05, 4.69) is 9.97 Å². The molecule has 2 heterocycles. The second-order valence-corrected chi connectivity index (χ2v) is 8.60. The van der Waals surface area contributed by atoms with Crippen molar-refractivity contribution in [3.05, 3.63) is 53.7 Å². The van der Waals surface area contributed by atoms with Crippen LogP contribution in [0.4, 0.5) is 13.2 Å². The normalized spacial score (nSPS) is 20.7. The third-order valence-corrected chi connectivity index (χ3v) is 6.48. The molecular formula is C24H26F3N3O. The van der Waals surface area contributed by atoms with Gasteiger partial charge >= 0.3 is 6.18 Å². The van der Waals surface area contributed by atoms with Crippen molar-refractivity contribution >= 4 is 16.8 Å². The molecule has 1 aromatic carbocycles. The van der Waals surface area contributed by atoms with Gasteiger partial charge in [0.2, 0.25) is 0 Å². The molecule has 1 aliphatic rings. The van der Waals surface area contributed by atoms with Crippen LogP contribution in [0.2, 0.25) is 0 Å². The molecule has 1 aliphatic carbocycles. The van der Waals surface area contributed by atoms with Gasteiger partial charge in [-0.2, -0.15) is 13.2 Å². The highest BCUT2D eigenvalue weighted by Gasteiger charge is 2.30. The lowest BCUT2D eigenvalue weighted by atomic mass is 9.76. The summed E-state index contributed by atoms with van der Waals surface area (Å²) in [5, 5.41) is 0.829. The van der Waals surface area contributed by atoms with Gasteiger partial charge in [-0.05, 0) is 73.9 Å². The molecule has 0 aliphatic heterocycles. The predicted molar refractivity (Wildman–Crippen MR) is 114 cm³/mol. The first-order chi connectivity index (χ1) is 14.7. The average molecular weight is 429 g/mol. The van der Waals surface area contributed by atoms with Gasteiger partial charge in [-0.25, -0.2) is 4.98 Å². The maximum Gasteiger partial charge on any atom is 0.416 e. The van der Waals surface area contributed by atoms with E-state index in [9.17, 15) is 18.0 Å².